The molecule has 0 saturated heterocycles. The zero-order valence-electron chi connectivity index (χ0n) is 13.2. The van der Waals surface area contributed by atoms with Crippen LogP contribution in [0, 0.1) is 6.92 Å². The van der Waals surface area contributed by atoms with Crippen molar-refractivity contribution in [2.24, 2.45) is 0 Å². The second-order valence-electron chi connectivity index (χ2n) is 6.01. The fourth-order valence-corrected chi connectivity index (χ4v) is 2.50. The van der Waals surface area contributed by atoms with Crippen molar-refractivity contribution < 1.29 is 9.32 Å². The predicted octanol–water partition coefficient (Wildman–Crippen LogP) is 1.71. The normalized spacial score (nSPS) is 13.1. The van der Waals surface area contributed by atoms with Crippen LogP contribution in [0.5, 0.6) is 0 Å². The van der Waals surface area contributed by atoms with Gasteiger partial charge in [0.15, 0.2) is 5.82 Å². The van der Waals surface area contributed by atoms with Crippen LogP contribution in [0.3, 0.4) is 0 Å². The van der Waals surface area contributed by atoms with Gasteiger partial charge in [0.1, 0.15) is 0 Å². The maximum Gasteiger partial charge on any atom is 0.240 e. The maximum atomic E-state index is 12.1. The number of aromatic nitrogens is 4. The summed E-state index contributed by atoms with van der Waals surface area (Å²) in [6, 6.07) is 1.65. The van der Waals surface area contributed by atoms with Crippen LogP contribution in [0.25, 0.3) is 0 Å². The van der Waals surface area contributed by atoms with Gasteiger partial charge in [-0.1, -0.05) is 37.7 Å². The number of rotatable bonds is 4. The Bertz CT molecular complexity index is 672. The minimum Gasteiger partial charge on any atom is -0.338 e. The van der Waals surface area contributed by atoms with Gasteiger partial charge in [-0.25, -0.2) is 4.68 Å². The van der Waals surface area contributed by atoms with E-state index in [-0.39, 0.29) is 11.3 Å². The van der Waals surface area contributed by atoms with E-state index in [1.807, 2.05) is 20.8 Å². The van der Waals surface area contributed by atoms with Crippen LogP contribution in [0.4, 0.5) is 5.88 Å². The van der Waals surface area contributed by atoms with Crippen molar-refractivity contribution in [2.45, 2.75) is 50.4 Å². The monoisotopic (exact) mass is 324 g/mol. The summed E-state index contributed by atoms with van der Waals surface area (Å²) in [5.41, 5.74) is 0.482. The first-order chi connectivity index (χ1) is 10.2. The van der Waals surface area contributed by atoms with Gasteiger partial charge in [-0.2, -0.15) is 0 Å². The molecule has 2 aromatic heterocycles. The average Bonchev–Trinajstić information content (AvgIpc) is 2.96. The summed E-state index contributed by atoms with van der Waals surface area (Å²) in [5, 5.41) is 14.6. The van der Waals surface area contributed by atoms with E-state index in [1.54, 1.807) is 19.9 Å². The molecule has 0 spiro atoms. The lowest BCUT2D eigenvalue weighted by Crippen LogP contribution is -2.26. The number of carbonyl (C=O) groups excluding carboxylic acids is 1. The van der Waals surface area contributed by atoms with Crippen molar-refractivity contribution in [3.63, 3.8) is 0 Å². The van der Waals surface area contributed by atoms with Gasteiger partial charge in [0.05, 0.1) is 10.9 Å². The first-order valence-electron chi connectivity index (χ1n) is 6.80. The number of aryl methyl sites for hydroxylation is 1. The highest BCUT2D eigenvalue weighted by Gasteiger charge is 2.25. The third kappa shape index (κ3) is 3.59. The van der Waals surface area contributed by atoms with E-state index in [2.05, 4.69) is 20.7 Å². The number of nitrogen functional groups attached to an aromatic ring is 1. The van der Waals surface area contributed by atoms with Crippen molar-refractivity contribution in [1.29, 1.82) is 0 Å². The van der Waals surface area contributed by atoms with Crippen molar-refractivity contribution in [2.75, 3.05) is 11.2 Å². The second-order valence-corrected chi connectivity index (χ2v) is 7.32. The Morgan fingerprint density at radius 2 is 2.14 bits per heavy atom. The van der Waals surface area contributed by atoms with E-state index >= 15 is 0 Å². The van der Waals surface area contributed by atoms with Gasteiger partial charge in [0.25, 0.3) is 0 Å². The number of nitrogens with two attached hydrogens (primary N) is 1. The molecule has 0 aliphatic rings. The average molecular weight is 324 g/mol. The molecular weight excluding hydrogens is 304 g/mol. The van der Waals surface area contributed by atoms with Crippen LogP contribution < -0.4 is 11.2 Å². The summed E-state index contributed by atoms with van der Waals surface area (Å²) >= 11 is 1.23. The van der Waals surface area contributed by atoms with Gasteiger partial charge in [-0.15, -0.1) is 10.2 Å². The molecule has 0 fully saturated rings. The van der Waals surface area contributed by atoms with Crippen LogP contribution in [0.15, 0.2) is 15.7 Å². The minimum atomic E-state index is -0.412. The molecule has 2 aromatic rings. The molecule has 0 aliphatic carbocycles. The van der Waals surface area contributed by atoms with Crippen LogP contribution >= 0.6 is 11.8 Å². The molecule has 0 saturated carbocycles. The topological polar surface area (TPSA) is 112 Å². The molecule has 8 nitrogen and oxygen atoms in total. The van der Waals surface area contributed by atoms with E-state index in [1.165, 1.54) is 16.4 Å². The molecule has 0 radical (unpaired) electrons. The molecule has 2 heterocycles. The molecule has 0 bridgehead atoms. The van der Waals surface area contributed by atoms with Crippen LogP contribution in [-0.4, -0.2) is 31.2 Å². The third-order valence-corrected chi connectivity index (χ3v) is 3.92. The van der Waals surface area contributed by atoms with Crippen LogP contribution in [0.2, 0.25) is 0 Å². The highest BCUT2D eigenvalue weighted by atomic mass is 32.2. The van der Waals surface area contributed by atoms with Crippen molar-refractivity contribution >= 4 is 23.6 Å². The molecule has 0 aromatic carbocycles. The molecule has 9 heteroatoms. The summed E-state index contributed by atoms with van der Waals surface area (Å²) in [6.07, 6.45) is 0. The van der Waals surface area contributed by atoms with Gasteiger partial charge >= 0.3 is 0 Å². The van der Waals surface area contributed by atoms with E-state index in [9.17, 15) is 4.79 Å². The lowest BCUT2D eigenvalue weighted by Gasteiger charge is -2.17. The van der Waals surface area contributed by atoms with Gasteiger partial charge in [-0.3, -0.25) is 10.1 Å². The number of hydrogen-bond acceptors (Lipinski definition) is 7. The second kappa shape index (κ2) is 5.99. The Morgan fingerprint density at radius 1 is 1.45 bits per heavy atom. The van der Waals surface area contributed by atoms with Gasteiger partial charge in [0.2, 0.25) is 16.9 Å². The largest absolute Gasteiger partial charge is 0.338 e. The first-order valence-corrected chi connectivity index (χ1v) is 7.68. The quantitative estimate of drug-likeness (QED) is 0.650. The Balaban J connectivity index is 2.04. The lowest BCUT2D eigenvalue weighted by atomic mass is 9.96. The van der Waals surface area contributed by atoms with Crippen LogP contribution in [-0.2, 0) is 10.2 Å². The predicted molar refractivity (Wildman–Crippen MR) is 84.1 cm³/mol. The summed E-state index contributed by atoms with van der Waals surface area (Å²) < 4.78 is 6.38. The number of nitrogens with one attached hydrogen (secondary N) is 1. The molecule has 0 aliphatic heterocycles. The molecule has 2 rings (SSSR count). The molecule has 1 atom stereocenters. The molecule has 1 amide bonds. The van der Waals surface area contributed by atoms with Crippen molar-refractivity contribution in [1.82, 2.24) is 20.0 Å². The Hall–Kier alpha value is -2.03. The van der Waals surface area contributed by atoms with Crippen molar-refractivity contribution in [3.05, 3.63) is 17.6 Å². The number of anilines is 1. The number of thioether (sulfide) groups is 1. The van der Waals surface area contributed by atoms with Crippen molar-refractivity contribution in [3.8, 4) is 0 Å². The number of amides is 1. The van der Waals surface area contributed by atoms with Gasteiger partial charge in [-0.05, 0) is 13.8 Å². The van der Waals surface area contributed by atoms with Gasteiger partial charge < -0.3 is 10.4 Å². The SMILES string of the molecule is Cc1cc(NC(=O)C(C)Sc2nnc(C(C)(C)C)n2N)on1. The first kappa shape index (κ1) is 16.3. The molecule has 3 N–H and O–H groups in total. The zero-order valence-corrected chi connectivity index (χ0v) is 14.1. The Morgan fingerprint density at radius 3 is 2.64 bits per heavy atom. The smallest absolute Gasteiger partial charge is 0.240 e. The fraction of sp³-hybridized carbons (Fsp3) is 0.538. The highest BCUT2D eigenvalue weighted by Crippen LogP contribution is 2.26. The minimum absolute atomic E-state index is 0.219. The Labute approximate surface area is 132 Å². The Kier molecular flexibility index (Phi) is 4.45. The van der Waals surface area contributed by atoms with E-state index in [0.29, 0.717) is 22.6 Å². The summed E-state index contributed by atoms with van der Waals surface area (Å²) in [4.78, 5) is 12.1. The van der Waals surface area contributed by atoms with E-state index in [0.717, 1.165) is 0 Å². The lowest BCUT2D eigenvalue weighted by molar-refractivity contribution is -0.115. The number of hydrogen-bond donors (Lipinski definition) is 2. The molecule has 22 heavy (non-hydrogen) atoms. The molecule has 1 unspecified atom stereocenters. The highest BCUT2D eigenvalue weighted by molar-refractivity contribution is 8.00. The number of carbonyl (C=O) groups is 1. The maximum absolute atomic E-state index is 12.1. The molecular formula is C13H20N6O2S. The van der Waals surface area contributed by atoms with Gasteiger partial charge in [0, 0.05) is 11.5 Å². The summed E-state index contributed by atoms with van der Waals surface area (Å²) in [7, 11) is 0. The standard InChI is InChI=1S/C13H20N6O2S/c1-7-6-9(21-18-7)15-10(20)8(2)22-12-17-16-11(19(12)14)13(3,4)5/h6,8H,14H2,1-5H3,(H,15,20). The fourth-order valence-electron chi connectivity index (χ4n) is 1.73. The zero-order chi connectivity index (χ0) is 16.5. The third-order valence-electron chi connectivity index (χ3n) is 2.86. The number of nitrogens with zero attached hydrogens (tertiary/aromatic N) is 4. The van der Waals surface area contributed by atoms with Crippen LogP contribution in [0.1, 0.15) is 39.2 Å². The summed E-state index contributed by atoms with van der Waals surface area (Å²) in [6.45, 7) is 9.53. The van der Waals surface area contributed by atoms with E-state index in [4.69, 9.17) is 10.4 Å². The van der Waals surface area contributed by atoms with E-state index < -0.39 is 5.25 Å². The summed E-state index contributed by atoms with van der Waals surface area (Å²) in [5.74, 6) is 6.76. The molecule has 120 valence electrons.